The number of nitrogens with zero attached hydrogens (tertiary/aromatic N) is 5. The van der Waals surface area contributed by atoms with E-state index >= 15 is 0 Å². The molecule has 5 rings (SSSR count). The monoisotopic (exact) mass is 583 g/mol. The molecular weight excluding hydrogens is 550 g/mol. The van der Waals surface area contributed by atoms with Gasteiger partial charge in [-0.05, 0) is 37.1 Å². The summed E-state index contributed by atoms with van der Waals surface area (Å²) in [5, 5.41) is 26.5. The number of aromatic nitrogens is 3. The van der Waals surface area contributed by atoms with Gasteiger partial charge in [0, 0.05) is 62.1 Å². The molecule has 4 atom stereocenters. The van der Waals surface area contributed by atoms with E-state index in [1.165, 1.54) is 30.3 Å². The van der Waals surface area contributed by atoms with E-state index < -0.39 is 5.91 Å². The first-order chi connectivity index (χ1) is 19.5. The van der Waals surface area contributed by atoms with E-state index in [4.69, 9.17) is 39.5 Å². The first-order valence-corrected chi connectivity index (χ1v) is 13.6. The number of rotatable bonds is 6. The lowest BCUT2D eigenvalue weighted by atomic mass is 10.0. The molecule has 2 aliphatic heterocycles. The molecule has 2 aliphatic rings. The summed E-state index contributed by atoms with van der Waals surface area (Å²) in [4.78, 5) is 30.4. The molecule has 2 aromatic carbocycles. The first kappa shape index (κ1) is 28.6. The Morgan fingerprint density at radius 1 is 0.854 bits per heavy atom. The van der Waals surface area contributed by atoms with Gasteiger partial charge in [0.25, 0.3) is 5.91 Å². The normalized spacial score (nSPS) is 22.9. The average molecular weight is 584 g/mol. The summed E-state index contributed by atoms with van der Waals surface area (Å²) >= 11 is 5.90. The summed E-state index contributed by atoms with van der Waals surface area (Å²) in [7, 11) is 0. The van der Waals surface area contributed by atoms with Crippen molar-refractivity contribution in [2.24, 2.45) is 22.9 Å². The largest absolute Gasteiger partial charge is 0.506 e. The highest BCUT2D eigenvalue weighted by molar-refractivity contribution is 6.32. The van der Waals surface area contributed by atoms with Crippen LogP contribution < -0.4 is 43.4 Å². The summed E-state index contributed by atoms with van der Waals surface area (Å²) in [6, 6.07) is 8.48. The maximum absolute atomic E-state index is 12.7. The highest BCUT2D eigenvalue weighted by Gasteiger charge is 2.29. The van der Waals surface area contributed by atoms with Gasteiger partial charge in [-0.2, -0.15) is 15.0 Å². The zero-order valence-corrected chi connectivity index (χ0v) is 23.0. The molecule has 1 aromatic heterocycles. The summed E-state index contributed by atoms with van der Waals surface area (Å²) in [5.74, 6) is -0.165. The predicted octanol–water partition coefficient (Wildman–Crippen LogP) is 0.662. The number of para-hydroxylation sites is 1. The molecule has 1 amide bonds. The van der Waals surface area contributed by atoms with Gasteiger partial charge < -0.3 is 53.6 Å². The van der Waals surface area contributed by atoms with Crippen molar-refractivity contribution >= 4 is 46.7 Å². The zero-order chi connectivity index (χ0) is 29.3. The molecule has 2 fully saturated rings. The van der Waals surface area contributed by atoms with E-state index in [2.05, 4.69) is 20.6 Å². The number of nitrogens with one attached hydrogen (secondary N) is 2. The van der Waals surface area contributed by atoms with Crippen LogP contribution in [0.5, 0.6) is 11.5 Å². The fourth-order valence-corrected chi connectivity index (χ4v) is 5.28. The number of nitrogens with two attached hydrogens (primary N) is 4. The Hall–Kier alpha value is -3.95. The van der Waals surface area contributed by atoms with E-state index in [-0.39, 0.29) is 57.9 Å². The molecule has 0 unspecified atom stereocenters. The van der Waals surface area contributed by atoms with Crippen LogP contribution in [0.25, 0.3) is 0 Å². The molecular formula is C26H34ClN11O3. The molecule has 3 aromatic rings. The van der Waals surface area contributed by atoms with Crippen LogP contribution in [0, 0.1) is 0 Å². The van der Waals surface area contributed by atoms with Crippen molar-refractivity contribution in [2.45, 2.75) is 37.0 Å². The lowest BCUT2D eigenvalue weighted by molar-refractivity contribution is 0.102. The predicted molar refractivity (Wildman–Crippen MR) is 158 cm³/mol. The number of piperidine rings is 2. The van der Waals surface area contributed by atoms with Gasteiger partial charge in [0.05, 0.1) is 16.3 Å². The van der Waals surface area contributed by atoms with Gasteiger partial charge >= 0.3 is 0 Å². The van der Waals surface area contributed by atoms with Crippen LogP contribution in [0.4, 0.5) is 29.2 Å². The maximum atomic E-state index is 12.7. The highest BCUT2D eigenvalue weighted by Crippen LogP contribution is 2.32. The van der Waals surface area contributed by atoms with Crippen molar-refractivity contribution in [3.63, 3.8) is 0 Å². The topological polar surface area (TPSA) is 231 Å². The number of halogens is 1. The average Bonchev–Trinajstić information content (AvgIpc) is 2.90. The number of hydrogen-bond donors (Lipinski definition) is 8. The molecule has 41 heavy (non-hydrogen) atoms. The fourth-order valence-electron chi connectivity index (χ4n) is 5.11. The molecule has 15 heteroatoms. The quantitative estimate of drug-likeness (QED) is 0.187. The maximum Gasteiger partial charge on any atom is 0.259 e. The molecule has 2 saturated heterocycles. The van der Waals surface area contributed by atoms with Crippen molar-refractivity contribution in [1.29, 1.82) is 0 Å². The van der Waals surface area contributed by atoms with Gasteiger partial charge in [-0.3, -0.25) is 4.79 Å². The van der Waals surface area contributed by atoms with E-state index in [0.717, 1.165) is 0 Å². The molecule has 14 nitrogen and oxygen atoms in total. The molecule has 3 heterocycles. The van der Waals surface area contributed by atoms with Gasteiger partial charge in [0.1, 0.15) is 11.5 Å². The summed E-state index contributed by atoms with van der Waals surface area (Å²) in [6.07, 6.45) is 1.41. The van der Waals surface area contributed by atoms with Crippen molar-refractivity contribution in [3.05, 3.63) is 47.0 Å². The van der Waals surface area contributed by atoms with Gasteiger partial charge in [-0.25, -0.2) is 0 Å². The van der Waals surface area contributed by atoms with Gasteiger partial charge in [-0.15, -0.1) is 0 Å². The third-order valence-corrected chi connectivity index (χ3v) is 7.25. The van der Waals surface area contributed by atoms with Gasteiger partial charge in [0.15, 0.2) is 0 Å². The van der Waals surface area contributed by atoms with E-state index in [1.807, 2.05) is 9.80 Å². The Kier molecular flexibility index (Phi) is 8.28. The Labute approximate surface area is 241 Å². The first-order valence-electron chi connectivity index (χ1n) is 13.2. The summed E-state index contributed by atoms with van der Waals surface area (Å²) in [6.45, 7) is 2.14. The number of aromatic hydroxyl groups is 2. The molecule has 218 valence electrons. The minimum atomic E-state index is -0.636. The number of phenols is 2. The molecule has 0 aliphatic carbocycles. The molecule has 0 saturated carbocycles. The van der Waals surface area contributed by atoms with Crippen molar-refractivity contribution in [2.75, 3.05) is 46.6 Å². The SMILES string of the molecule is N[C@@H]1C[C@H](N)CN(c2nc(Nc3ccc(NC(=O)c4cccc(Cl)c4O)c(O)c3)nc(N3C[C@H](N)C[C@H](N)C3)n2)C1. The van der Waals surface area contributed by atoms with Crippen LogP contribution in [0.15, 0.2) is 36.4 Å². The second kappa shape index (κ2) is 11.9. The Balaban J connectivity index is 1.40. The van der Waals surface area contributed by atoms with Crippen molar-refractivity contribution < 1.29 is 15.0 Å². The van der Waals surface area contributed by atoms with E-state index in [9.17, 15) is 15.0 Å². The van der Waals surface area contributed by atoms with Crippen LogP contribution >= 0.6 is 11.6 Å². The number of phenolic OH excluding ortho intramolecular Hbond substituents is 2. The van der Waals surface area contributed by atoms with Gasteiger partial charge in [0.2, 0.25) is 17.8 Å². The number of amides is 1. The molecule has 0 bridgehead atoms. The van der Waals surface area contributed by atoms with Crippen LogP contribution in [0.1, 0.15) is 23.2 Å². The number of carbonyl (C=O) groups is 1. The van der Waals surface area contributed by atoms with Gasteiger partial charge in [-0.1, -0.05) is 17.7 Å². The van der Waals surface area contributed by atoms with E-state index in [1.54, 1.807) is 6.07 Å². The minimum absolute atomic E-state index is 0.0290. The van der Waals surface area contributed by atoms with Crippen molar-refractivity contribution in [1.82, 2.24) is 15.0 Å². The molecule has 0 spiro atoms. The number of carbonyl (C=O) groups excluding carboxylic acids is 1. The lowest BCUT2D eigenvalue weighted by Gasteiger charge is -2.37. The third-order valence-electron chi connectivity index (χ3n) is 6.94. The third kappa shape index (κ3) is 6.69. The minimum Gasteiger partial charge on any atom is -0.506 e. The number of hydrogen-bond acceptors (Lipinski definition) is 13. The van der Waals surface area contributed by atoms with Crippen molar-refractivity contribution in [3.8, 4) is 11.5 Å². The Morgan fingerprint density at radius 2 is 1.41 bits per heavy atom. The number of anilines is 5. The fraction of sp³-hybridized carbons (Fsp3) is 0.385. The smallest absolute Gasteiger partial charge is 0.259 e. The standard InChI is InChI=1S/C26H34ClN11O3/c27-19-3-1-2-18(22(19)40)23(41)33-20-5-4-17(8-21(20)39)32-24-34-25(37-9-13(28)6-14(29)10-37)36-26(35-24)38-11-15(30)7-16(31)12-38/h1-5,8,13-16,39-40H,6-7,9-12,28-31H2,(H,33,41)(H,32,34,35,36)/t13-,14+,15-,16+. The Bertz CT molecular complexity index is 1360. The zero-order valence-electron chi connectivity index (χ0n) is 22.2. The lowest BCUT2D eigenvalue weighted by Crippen LogP contribution is -2.54. The number of benzene rings is 2. The Morgan fingerprint density at radius 3 is 1.95 bits per heavy atom. The van der Waals surface area contributed by atoms with E-state index in [0.29, 0.717) is 56.6 Å². The highest BCUT2D eigenvalue weighted by atomic mass is 35.5. The second-order valence-corrected chi connectivity index (χ2v) is 10.9. The van der Waals surface area contributed by atoms with Crippen LogP contribution in [0.3, 0.4) is 0 Å². The molecule has 0 radical (unpaired) electrons. The summed E-state index contributed by atoms with van der Waals surface area (Å²) in [5.41, 5.74) is 25.4. The van der Waals surface area contributed by atoms with Crippen LogP contribution in [0.2, 0.25) is 5.02 Å². The van der Waals surface area contributed by atoms with Crippen LogP contribution in [-0.2, 0) is 0 Å². The summed E-state index contributed by atoms with van der Waals surface area (Å²) < 4.78 is 0. The second-order valence-electron chi connectivity index (χ2n) is 10.5. The van der Waals surface area contributed by atoms with Crippen LogP contribution in [-0.4, -0.2) is 81.4 Å². The molecule has 12 N–H and O–H groups in total.